The van der Waals surface area contributed by atoms with E-state index in [9.17, 15) is 0 Å². The SMILES string of the molecule is CCC1=C(C)c2cc3[nH]c(cc4[nH]c(cc5nc(cc1n2)C(C)=C5CC)c(C)c4CC)c(CC)c3C.[Ni]. The van der Waals surface area contributed by atoms with Crippen LogP contribution < -0.4 is 0 Å². The summed E-state index contributed by atoms with van der Waals surface area (Å²) in [5.41, 5.74) is 19.3. The van der Waals surface area contributed by atoms with E-state index in [1.54, 1.807) is 0 Å². The molecule has 5 heteroatoms. The first-order valence-corrected chi connectivity index (χ1v) is 13.4. The van der Waals surface area contributed by atoms with Crippen LogP contribution in [0.15, 0.2) is 24.3 Å². The fraction of sp³-hybridized carbons (Fsp3) is 0.375. The fourth-order valence-corrected chi connectivity index (χ4v) is 6.02. The molecule has 5 heterocycles. The van der Waals surface area contributed by atoms with Crippen LogP contribution in [0, 0.1) is 13.8 Å². The maximum absolute atomic E-state index is 5.13. The number of H-pyrrole nitrogens is 2. The largest absolute Gasteiger partial charge is 0.355 e. The third-order valence-electron chi connectivity index (χ3n) is 8.21. The Hall–Kier alpha value is -2.91. The van der Waals surface area contributed by atoms with E-state index >= 15 is 0 Å². The molecule has 5 rings (SSSR count). The molecule has 4 nitrogen and oxygen atoms in total. The van der Waals surface area contributed by atoms with Crippen LogP contribution in [0.3, 0.4) is 0 Å². The van der Waals surface area contributed by atoms with Crippen molar-refractivity contribution in [3.63, 3.8) is 0 Å². The van der Waals surface area contributed by atoms with Gasteiger partial charge in [-0.2, -0.15) is 0 Å². The third-order valence-corrected chi connectivity index (χ3v) is 8.21. The van der Waals surface area contributed by atoms with Crippen LogP contribution in [0.5, 0.6) is 0 Å². The van der Waals surface area contributed by atoms with E-state index in [1.807, 2.05) is 0 Å². The fourth-order valence-electron chi connectivity index (χ4n) is 6.02. The molecule has 0 atom stereocenters. The van der Waals surface area contributed by atoms with Gasteiger partial charge in [0.2, 0.25) is 0 Å². The van der Waals surface area contributed by atoms with E-state index in [2.05, 4.69) is 89.6 Å². The number of hydrogen-bond donors (Lipinski definition) is 2. The zero-order valence-electron chi connectivity index (χ0n) is 23.3. The van der Waals surface area contributed by atoms with Crippen LogP contribution in [0.1, 0.15) is 99.4 Å². The second kappa shape index (κ2) is 10.5. The van der Waals surface area contributed by atoms with Crippen molar-refractivity contribution in [3.8, 4) is 0 Å². The number of fused-ring (bicyclic) bond motifs is 8. The van der Waals surface area contributed by atoms with Gasteiger partial charge in [-0.1, -0.05) is 27.7 Å². The molecule has 0 aromatic carbocycles. The van der Waals surface area contributed by atoms with E-state index < -0.39 is 0 Å². The first-order valence-electron chi connectivity index (χ1n) is 13.4. The van der Waals surface area contributed by atoms with Gasteiger partial charge in [0, 0.05) is 38.6 Å². The van der Waals surface area contributed by atoms with E-state index in [-0.39, 0.29) is 16.5 Å². The van der Waals surface area contributed by atoms with Crippen LogP contribution >= 0.6 is 0 Å². The Balaban J connectivity index is 0.00000320. The van der Waals surface area contributed by atoms with Gasteiger partial charge in [-0.25, -0.2) is 9.97 Å². The van der Waals surface area contributed by atoms with Crippen molar-refractivity contribution in [2.45, 2.75) is 81.1 Å². The second-order valence-electron chi connectivity index (χ2n) is 10.1. The normalized spacial score (nSPS) is 13.4. The molecular formula is C32H38N4Ni. The molecule has 0 saturated carbocycles. The summed E-state index contributed by atoms with van der Waals surface area (Å²) in [5.74, 6) is 0. The Kier molecular flexibility index (Phi) is 7.67. The molecule has 0 unspecified atom stereocenters. The molecule has 196 valence electrons. The van der Waals surface area contributed by atoms with Crippen molar-refractivity contribution in [1.29, 1.82) is 0 Å². The molecule has 0 amide bonds. The summed E-state index contributed by atoms with van der Waals surface area (Å²) >= 11 is 0. The van der Waals surface area contributed by atoms with Crippen LogP contribution in [-0.4, -0.2) is 19.9 Å². The van der Waals surface area contributed by atoms with E-state index in [0.717, 1.165) is 59.5 Å². The average Bonchev–Trinajstić information content (AvgIpc) is 3.51. The van der Waals surface area contributed by atoms with Crippen molar-refractivity contribution >= 4 is 44.4 Å². The van der Waals surface area contributed by atoms with Crippen LogP contribution in [0.2, 0.25) is 0 Å². The predicted octanol–water partition coefficient (Wildman–Crippen LogP) is 8.74. The van der Waals surface area contributed by atoms with Crippen LogP contribution in [-0.2, 0) is 29.3 Å². The molecule has 0 aliphatic carbocycles. The molecule has 0 spiro atoms. The van der Waals surface area contributed by atoms with E-state index in [1.165, 1.54) is 55.6 Å². The summed E-state index contributed by atoms with van der Waals surface area (Å²) < 4.78 is 0. The van der Waals surface area contributed by atoms with Gasteiger partial charge in [0.25, 0.3) is 0 Å². The molecule has 2 aliphatic rings. The molecule has 0 fully saturated rings. The Labute approximate surface area is 230 Å². The maximum Gasteiger partial charge on any atom is 0.0693 e. The minimum absolute atomic E-state index is 0. The first-order chi connectivity index (χ1) is 17.3. The number of rotatable bonds is 4. The Morgan fingerprint density at radius 2 is 0.919 bits per heavy atom. The monoisotopic (exact) mass is 536 g/mol. The number of hydrogen-bond acceptors (Lipinski definition) is 2. The molecule has 3 aromatic heterocycles. The summed E-state index contributed by atoms with van der Waals surface area (Å²) in [7, 11) is 0. The molecule has 2 N–H and O–H groups in total. The molecule has 2 aliphatic heterocycles. The van der Waals surface area contributed by atoms with Gasteiger partial charge in [-0.05, 0) is 122 Å². The first kappa shape index (κ1) is 27.1. The number of aryl methyl sites for hydroxylation is 4. The van der Waals surface area contributed by atoms with Crippen molar-refractivity contribution in [2.24, 2.45) is 0 Å². The van der Waals surface area contributed by atoms with Crippen molar-refractivity contribution < 1.29 is 16.5 Å². The van der Waals surface area contributed by atoms with Crippen molar-refractivity contribution in [2.75, 3.05) is 0 Å². The molecule has 3 aromatic rings. The Morgan fingerprint density at radius 1 is 0.514 bits per heavy atom. The summed E-state index contributed by atoms with van der Waals surface area (Å²) in [6.07, 6.45) is 3.86. The molecule has 0 saturated heterocycles. The smallest absolute Gasteiger partial charge is 0.0693 e. The quantitative estimate of drug-likeness (QED) is 0.327. The number of aromatic nitrogens is 4. The number of allylic oxidation sites excluding steroid dienone is 4. The number of aromatic amines is 2. The maximum atomic E-state index is 5.13. The molecule has 0 radical (unpaired) electrons. The molecule has 8 bridgehead atoms. The summed E-state index contributed by atoms with van der Waals surface area (Å²) in [5, 5.41) is 0. The van der Waals surface area contributed by atoms with Gasteiger partial charge < -0.3 is 9.97 Å². The standard InChI is InChI=1S/C32H38N4.Ni/c1-9-21-17(5)25-13-26-18(6)23(11-3)31(34-26)16-32-24(12-4)20(8)28(36-32)15-30-22(10-2)19(7)27(35-30)14-29(21)33-25;/h13-16,34,36H,9-12H2,1-8H3;. The zero-order valence-corrected chi connectivity index (χ0v) is 24.3. The minimum Gasteiger partial charge on any atom is -0.355 e. The Morgan fingerprint density at radius 3 is 1.35 bits per heavy atom. The molecular weight excluding hydrogens is 499 g/mol. The summed E-state index contributed by atoms with van der Waals surface area (Å²) in [6, 6.07) is 8.98. The van der Waals surface area contributed by atoms with E-state index in [4.69, 9.17) is 9.97 Å². The van der Waals surface area contributed by atoms with Gasteiger partial charge in [-0.3, -0.25) is 0 Å². The Bertz CT molecular complexity index is 1610. The summed E-state index contributed by atoms with van der Waals surface area (Å²) in [6.45, 7) is 17.8. The van der Waals surface area contributed by atoms with Gasteiger partial charge in [-0.15, -0.1) is 0 Å². The van der Waals surface area contributed by atoms with E-state index in [0.29, 0.717) is 0 Å². The van der Waals surface area contributed by atoms with Gasteiger partial charge >= 0.3 is 0 Å². The van der Waals surface area contributed by atoms with Crippen LogP contribution in [0.4, 0.5) is 0 Å². The van der Waals surface area contributed by atoms with Crippen LogP contribution in [0.25, 0.3) is 44.4 Å². The summed E-state index contributed by atoms with van der Waals surface area (Å²) in [4.78, 5) is 17.7. The molecule has 37 heavy (non-hydrogen) atoms. The third kappa shape index (κ3) is 4.42. The van der Waals surface area contributed by atoms with Crippen molar-refractivity contribution in [3.05, 3.63) is 69.3 Å². The number of nitrogens with zero attached hydrogens (tertiary/aromatic N) is 2. The van der Waals surface area contributed by atoms with Gasteiger partial charge in [0.15, 0.2) is 0 Å². The van der Waals surface area contributed by atoms with Gasteiger partial charge in [0.1, 0.15) is 0 Å². The number of nitrogens with one attached hydrogen (secondary N) is 2. The topological polar surface area (TPSA) is 57.4 Å². The predicted molar refractivity (Wildman–Crippen MR) is 155 cm³/mol. The average molecular weight is 537 g/mol. The van der Waals surface area contributed by atoms with Gasteiger partial charge in [0.05, 0.1) is 22.8 Å². The zero-order chi connectivity index (χ0) is 25.7. The van der Waals surface area contributed by atoms with Crippen molar-refractivity contribution in [1.82, 2.24) is 19.9 Å². The second-order valence-corrected chi connectivity index (χ2v) is 10.1. The minimum atomic E-state index is 0.